The monoisotopic (exact) mass is 237 g/mol. The molecule has 2 atom stereocenters. The van der Waals surface area contributed by atoms with E-state index in [4.69, 9.17) is 15.2 Å². The summed E-state index contributed by atoms with van der Waals surface area (Å²) >= 11 is 0. The number of rotatable bonds is 7. The molecule has 1 rings (SSSR count). The van der Waals surface area contributed by atoms with Crippen LogP contribution in [-0.4, -0.2) is 26.4 Å². The fourth-order valence-corrected chi connectivity index (χ4v) is 1.64. The molecule has 96 valence electrons. The van der Waals surface area contributed by atoms with Gasteiger partial charge in [-0.3, -0.25) is 0 Å². The van der Waals surface area contributed by atoms with Crippen LogP contribution in [0.15, 0.2) is 24.3 Å². The van der Waals surface area contributed by atoms with E-state index in [-0.39, 0.29) is 6.10 Å². The first kappa shape index (κ1) is 14.0. The highest BCUT2D eigenvalue weighted by molar-refractivity contribution is 5.29. The third kappa shape index (κ3) is 4.36. The minimum absolute atomic E-state index is 0.0746. The predicted octanol–water partition coefficient (Wildman–Crippen LogP) is 2.55. The third-order valence-corrected chi connectivity index (χ3v) is 2.98. The minimum Gasteiger partial charge on any atom is -0.487 e. The second-order valence-corrected chi connectivity index (χ2v) is 4.31. The molecule has 0 saturated heterocycles. The second kappa shape index (κ2) is 7.30. The molecule has 0 aliphatic carbocycles. The number of benzene rings is 1. The smallest absolute Gasteiger partial charge is 0.134 e. The van der Waals surface area contributed by atoms with E-state index >= 15 is 0 Å². The van der Waals surface area contributed by atoms with Crippen LogP contribution in [0, 0.1) is 0 Å². The van der Waals surface area contributed by atoms with Crippen LogP contribution < -0.4 is 10.5 Å². The van der Waals surface area contributed by atoms with Gasteiger partial charge in [0.1, 0.15) is 11.9 Å². The SMILES string of the molecule is CCC(C)c1ccc(OC(CN)COC)cc1. The van der Waals surface area contributed by atoms with Crippen molar-refractivity contribution in [2.75, 3.05) is 20.3 Å². The van der Waals surface area contributed by atoms with E-state index < -0.39 is 0 Å². The van der Waals surface area contributed by atoms with Crippen LogP contribution in [0.5, 0.6) is 5.75 Å². The number of nitrogens with two attached hydrogens (primary N) is 1. The van der Waals surface area contributed by atoms with Gasteiger partial charge < -0.3 is 15.2 Å². The molecule has 0 saturated carbocycles. The fourth-order valence-electron chi connectivity index (χ4n) is 1.64. The van der Waals surface area contributed by atoms with Gasteiger partial charge in [-0.15, -0.1) is 0 Å². The maximum Gasteiger partial charge on any atom is 0.134 e. The molecule has 0 aliphatic rings. The second-order valence-electron chi connectivity index (χ2n) is 4.31. The van der Waals surface area contributed by atoms with Crippen molar-refractivity contribution in [3.05, 3.63) is 29.8 Å². The summed E-state index contributed by atoms with van der Waals surface area (Å²) in [5, 5.41) is 0. The molecule has 1 aromatic carbocycles. The van der Waals surface area contributed by atoms with E-state index in [1.165, 1.54) is 5.56 Å². The molecule has 2 unspecified atom stereocenters. The Morgan fingerprint density at radius 2 is 1.88 bits per heavy atom. The first-order valence-electron chi connectivity index (χ1n) is 6.16. The lowest BCUT2D eigenvalue weighted by Crippen LogP contribution is -2.31. The van der Waals surface area contributed by atoms with Crippen LogP contribution in [0.25, 0.3) is 0 Å². The summed E-state index contributed by atoms with van der Waals surface area (Å²) in [7, 11) is 1.65. The van der Waals surface area contributed by atoms with Crippen LogP contribution >= 0.6 is 0 Å². The van der Waals surface area contributed by atoms with E-state index in [0.29, 0.717) is 19.1 Å². The number of ether oxygens (including phenoxy) is 2. The number of hydrogen-bond donors (Lipinski definition) is 1. The van der Waals surface area contributed by atoms with Crippen molar-refractivity contribution in [3.8, 4) is 5.75 Å². The summed E-state index contributed by atoms with van der Waals surface area (Å²) in [6.45, 7) is 5.40. The Labute approximate surface area is 104 Å². The molecular formula is C14H23NO2. The summed E-state index contributed by atoms with van der Waals surface area (Å²) in [5.74, 6) is 1.44. The third-order valence-electron chi connectivity index (χ3n) is 2.98. The zero-order valence-corrected chi connectivity index (χ0v) is 11.0. The van der Waals surface area contributed by atoms with Gasteiger partial charge >= 0.3 is 0 Å². The molecule has 0 radical (unpaired) electrons. The van der Waals surface area contributed by atoms with Gasteiger partial charge in [0, 0.05) is 13.7 Å². The molecule has 0 heterocycles. The molecule has 0 aliphatic heterocycles. The van der Waals surface area contributed by atoms with Gasteiger partial charge in [0.25, 0.3) is 0 Å². The highest BCUT2D eigenvalue weighted by Crippen LogP contribution is 2.21. The topological polar surface area (TPSA) is 44.5 Å². The minimum atomic E-state index is -0.0746. The summed E-state index contributed by atoms with van der Waals surface area (Å²) in [4.78, 5) is 0. The van der Waals surface area contributed by atoms with Crippen molar-refractivity contribution in [3.63, 3.8) is 0 Å². The van der Waals surface area contributed by atoms with E-state index in [9.17, 15) is 0 Å². The predicted molar refractivity (Wildman–Crippen MR) is 70.5 cm³/mol. The molecule has 3 nitrogen and oxygen atoms in total. The van der Waals surface area contributed by atoms with Crippen molar-refractivity contribution < 1.29 is 9.47 Å². The first-order valence-corrected chi connectivity index (χ1v) is 6.16. The Kier molecular flexibility index (Phi) is 6.01. The molecule has 1 aromatic rings. The summed E-state index contributed by atoms with van der Waals surface area (Å²) in [6.07, 6.45) is 1.07. The quantitative estimate of drug-likeness (QED) is 0.792. The van der Waals surface area contributed by atoms with E-state index in [0.717, 1.165) is 12.2 Å². The number of methoxy groups -OCH3 is 1. The lowest BCUT2D eigenvalue weighted by Gasteiger charge is -2.17. The average molecular weight is 237 g/mol. The highest BCUT2D eigenvalue weighted by atomic mass is 16.5. The summed E-state index contributed by atoms with van der Waals surface area (Å²) < 4.78 is 10.8. The van der Waals surface area contributed by atoms with Crippen LogP contribution in [0.1, 0.15) is 31.7 Å². The Morgan fingerprint density at radius 1 is 1.24 bits per heavy atom. The fraction of sp³-hybridized carbons (Fsp3) is 0.571. The van der Waals surface area contributed by atoms with Gasteiger partial charge in [-0.1, -0.05) is 26.0 Å². The summed E-state index contributed by atoms with van der Waals surface area (Å²) in [5.41, 5.74) is 6.94. The molecule has 0 bridgehead atoms. The Balaban J connectivity index is 2.61. The van der Waals surface area contributed by atoms with Crippen molar-refractivity contribution >= 4 is 0 Å². The van der Waals surface area contributed by atoms with E-state index in [1.807, 2.05) is 12.1 Å². The maximum atomic E-state index is 5.72. The zero-order chi connectivity index (χ0) is 12.7. The molecule has 0 fully saturated rings. The van der Waals surface area contributed by atoms with Crippen molar-refractivity contribution in [1.29, 1.82) is 0 Å². The molecule has 0 aromatic heterocycles. The molecule has 2 N–H and O–H groups in total. The van der Waals surface area contributed by atoms with Gasteiger partial charge in [-0.25, -0.2) is 0 Å². The zero-order valence-electron chi connectivity index (χ0n) is 11.0. The van der Waals surface area contributed by atoms with Gasteiger partial charge in [0.05, 0.1) is 6.61 Å². The Morgan fingerprint density at radius 3 is 2.35 bits per heavy atom. The van der Waals surface area contributed by atoms with Gasteiger partial charge in [0.2, 0.25) is 0 Å². The first-order chi connectivity index (χ1) is 8.21. The standard InChI is InChI=1S/C14H23NO2/c1-4-11(2)12-5-7-13(8-6-12)17-14(9-15)10-16-3/h5-8,11,14H,4,9-10,15H2,1-3H3. The molecular weight excluding hydrogens is 214 g/mol. The highest BCUT2D eigenvalue weighted by Gasteiger charge is 2.08. The van der Waals surface area contributed by atoms with Crippen molar-refractivity contribution in [1.82, 2.24) is 0 Å². The normalized spacial score (nSPS) is 14.4. The van der Waals surface area contributed by atoms with E-state index in [1.54, 1.807) is 7.11 Å². The molecule has 0 spiro atoms. The largest absolute Gasteiger partial charge is 0.487 e. The van der Waals surface area contributed by atoms with Crippen LogP contribution in [0.2, 0.25) is 0 Å². The van der Waals surface area contributed by atoms with Crippen molar-refractivity contribution in [2.24, 2.45) is 5.73 Å². The van der Waals surface area contributed by atoms with Crippen LogP contribution in [0.4, 0.5) is 0 Å². The van der Waals surface area contributed by atoms with Crippen molar-refractivity contribution in [2.45, 2.75) is 32.3 Å². The van der Waals surface area contributed by atoms with Gasteiger partial charge in [0.15, 0.2) is 0 Å². The molecule has 0 amide bonds. The van der Waals surface area contributed by atoms with Crippen LogP contribution in [0.3, 0.4) is 0 Å². The summed E-state index contributed by atoms with van der Waals surface area (Å²) in [6, 6.07) is 8.23. The van der Waals surface area contributed by atoms with Crippen LogP contribution in [-0.2, 0) is 4.74 Å². The van der Waals surface area contributed by atoms with Gasteiger partial charge in [-0.05, 0) is 30.0 Å². The maximum absolute atomic E-state index is 5.72. The van der Waals surface area contributed by atoms with E-state index in [2.05, 4.69) is 26.0 Å². The lowest BCUT2D eigenvalue weighted by molar-refractivity contribution is 0.0860. The van der Waals surface area contributed by atoms with Gasteiger partial charge in [-0.2, -0.15) is 0 Å². The Bertz CT molecular complexity index is 311. The lowest BCUT2D eigenvalue weighted by atomic mass is 9.99. The Hall–Kier alpha value is -1.06. The number of hydrogen-bond acceptors (Lipinski definition) is 3. The average Bonchev–Trinajstić information content (AvgIpc) is 2.38. The molecule has 3 heteroatoms. The molecule has 17 heavy (non-hydrogen) atoms.